The number of fused-ring (bicyclic) bond motifs is 1. The molecule has 1 aromatic carbocycles. The van der Waals surface area contributed by atoms with E-state index in [0.29, 0.717) is 0 Å². The second kappa shape index (κ2) is 11.2. The first-order valence-corrected chi connectivity index (χ1v) is 6.69. The number of H-pyrrole nitrogens is 1. The quantitative estimate of drug-likeness (QED) is 0.664. The fourth-order valence-corrected chi connectivity index (χ4v) is 1.25. The van der Waals surface area contributed by atoms with Gasteiger partial charge in [0.25, 0.3) is 0 Å². The molecule has 0 spiro atoms. The van der Waals surface area contributed by atoms with Gasteiger partial charge in [0.1, 0.15) is 5.82 Å². The molecular weight excluding hydrogens is 208 g/mol. The fourth-order valence-electron chi connectivity index (χ4n) is 1.25. The van der Waals surface area contributed by atoms with Gasteiger partial charge < -0.3 is 4.98 Å². The lowest BCUT2D eigenvalue weighted by Crippen LogP contribution is -1.71. The van der Waals surface area contributed by atoms with E-state index in [2.05, 4.69) is 29.0 Å². The first kappa shape index (κ1) is 18.1. The second-order valence-electron chi connectivity index (χ2n) is 2.84. The summed E-state index contributed by atoms with van der Waals surface area (Å²) in [6.07, 6.45) is 0. The third-order valence-corrected chi connectivity index (χ3v) is 1.76. The fraction of sp³-hybridized carbons (Fsp3) is 0.533. The molecule has 98 valence electrons. The molecule has 0 aliphatic heterocycles. The first-order chi connectivity index (χ1) is 8.25. The zero-order chi connectivity index (χ0) is 13.8. The van der Waals surface area contributed by atoms with Crippen molar-refractivity contribution in [1.82, 2.24) is 9.97 Å². The van der Waals surface area contributed by atoms with Gasteiger partial charge in [-0.25, -0.2) is 4.98 Å². The Labute approximate surface area is 106 Å². The van der Waals surface area contributed by atoms with Gasteiger partial charge in [0, 0.05) is 0 Å². The summed E-state index contributed by atoms with van der Waals surface area (Å²) in [6.45, 7) is 16.0. The molecule has 2 nitrogen and oxygen atoms in total. The van der Waals surface area contributed by atoms with Crippen molar-refractivity contribution in [2.75, 3.05) is 0 Å². The van der Waals surface area contributed by atoms with E-state index in [9.17, 15) is 0 Å². The van der Waals surface area contributed by atoms with Crippen LogP contribution in [-0.2, 0) is 0 Å². The van der Waals surface area contributed by atoms with Crippen LogP contribution in [0.4, 0.5) is 0 Å². The van der Waals surface area contributed by atoms with E-state index < -0.39 is 0 Å². The van der Waals surface area contributed by atoms with Crippen LogP contribution >= 0.6 is 0 Å². The number of nitrogens with zero attached hydrogens (tertiary/aromatic N) is 1. The van der Waals surface area contributed by atoms with Gasteiger partial charge in [0.05, 0.1) is 11.0 Å². The number of hydrogen-bond donors (Lipinski definition) is 1. The van der Waals surface area contributed by atoms with E-state index in [1.54, 1.807) is 0 Å². The maximum atomic E-state index is 4.30. The van der Waals surface area contributed by atoms with Crippen molar-refractivity contribution in [3.8, 4) is 0 Å². The lowest BCUT2D eigenvalue weighted by Gasteiger charge is -1.89. The molecule has 2 heteroatoms. The predicted octanol–water partition coefficient (Wildman–Crippen LogP) is 5.26. The summed E-state index contributed by atoms with van der Waals surface area (Å²) in [5.74, 6) is 0.977. The number of aromatic amines is 1. The first-order valence-electron chi connectivity index (χ1n) is 6.69. The zero-order valence-electron chi connectivity index (χ0n) is 12.7. The number of aryl methyl sites for hydroxylation is 2. The van der Waals surface area contributed by atoms with Crippen LogP contribution in [-0.4, -0.2) is 9.97 Å². The van der Waals surface area contributed by atoms with Crippen LogP contribution in [0.2, 0.25) is 0 Å². The van der Waals surface area contributed by atoms with Gasteiger partial charge in [-0.3, -0.25) is 0 Å². The molecule has 0 amide bonds. The molecule has 0 atom stereocenters. The van der Waals surface area contributed by atoms with E-state index >= 15 is 0 Å². The third-order valence-electron chi connectivity index (χ3n) is 1.76. The highest BCUT2D eigenvalue weighted by Gasteiger charge is 1.96. The van der Waals surface area contributed by atoms with Crippen molar-refractivity contribution in [1.29, 1.82) is 0 Å². The van der Waals surface area contributed by atoms with Crippen molar-refractivity contribution in [3.05, 3.63) is 29.6 Å². The monoisotopic (exact) mass is 236 g/mol. The molecule has 0 saturated heterocycles. The Kier molecular flexibility index (Phi) is 11.9. The van der Waals surface area contributed by atoms with Gasteiger partial charge >= 0.3 is 0 Å². The summed E-state index contributed by atoms with van der Waals surface area (Å²) in [6, 6.07) is 6.21. The molecule has 0 fully saturated rings. The van der Waals surface area contributed by atoms with Gasteiger partial charge in [-0.2, -0.15) is 0 Å². The lowest BCUT2D eigenvalue weighted by atomic mass is 10.2. The Morgan fingerprint density at radius 3 is 1.94 bits per heavy atom. The minimum Gasteiger partial charge on any atom is -0.342 e. The average Bonchev–Trinajstić information content (AvgIpc) is 2.76. The standard InChI is InChI=1S/C9H10N2.3C2H6/c1-6-3-4-8-9(5-6)11-7(2)10-8;3*1-2/h3-5H,1-2H3,(H,10,11);3*1-2H3. The van der Waals surface area contributed by atoms with Crippen molar-refractivity contribution in [2.45, 2.75) is 55.4 Å². The summed E-state index contributed by atoms with van der Waals surface area (Å²) in [5, 5.41) is 0. The largest absolute Gasteiger partial charge is 0.342 e. The molecular formula is C15H28N2. The smallest absolute Gasteiger partial charge is 0.104 e. The van der Waals surface area contributed by atoms with Gasteiger partial charge in [-0.05, 0) is 31.5 Å². The summed E-state index contributed by atoms with van der Waals surface area (Å²) in [7, 11) is 0. The number of benzene rings is 1. The molecule has 1 heterocycles. The third kappa shape index (κ3) is 6.10. The van der Waals surface area contributed by atoms with Crippen LogP contribution in [0.1, 0.15) is 52.9 Å². The summed E-state index contributed by atoms with van der Waals surface area (Å²) >= 11 is 0. The van der Waals surface area contributed by atoms with Crippen molar-refractivity contribution >= 4 is 11.0 Å². The number of hydrogen-bond acceptors (Lipinski definition) is 1. The van der Waals surface area contributed by atoms with Crippen LogP contribution in [0.3, 0.4) is 0 Å². The van der Waals surface area contributed by atoms with E-state index in [1.807, 2.05) is 54.5 Å². The molecule has 1 aromatic heterocycles. The Morgan fingerprint density at radius 1 is 0.882 bits per heavy atom. The van der Waals surface area contributed by atoms with Crippen LogP contribution in [0.25, 0.3) is 11.0 Å². The van der Waals surface area contributed by atoms with Gasteiger partial charge in [-0.15, -0.1) is 0 Å². The number of nitrogens with one attached hydrogen (secondary N) is 1. The molecule has 2 aromatic rings. The van der Waals surface area contributed by atoms with Crippen LogP contribution < -0.4 is 0 Å². The minimum atomic E-state index is 0.977. The van der Waals surface area contributed by atoms with E-state index in [0.717, 1.165) is 16.9 Å². The number of imidazole rings is 1. The second-order valence-corrected chi connectivity index (χ2v) is 2.84. The Bertz CT molecular complexity index is 389. The van der Waals surface area contributed by atoms with E-state index in [1.165, 1.54) is 5.56 Å². The Morgan fingerprint density at radius 2 is 1.41 bits per heavy atom. The van der Waals surface area contributed by atoms with Crippen LogP contribution in [0.5, 0.6) is 0 Å². The highest BCUT2D eigenvalue weighted by atomic mass is 14.9. The van der Waals surface area contributed by atoms with Crippen molar-refractivity contribution in [3.63, 3.8) is 0 Å². The number of rotatable bonds is 0. The molecule has 0 aliphatic carbocycles. The average molecular weight is 236 g/mol. The van der Waals surface area contributed by atoms with Crippen molar-refractivity contribution < 1.29 is 0 Å². The highest BCUT2D eigenvalue weighted by Crippen LogP contribution is 2.12. The molecule has 0 unspecified atom stereocenters. The predicted molar refractivity (Wildman–Crippen MR) is 79.6 cm³/mol. The molecule has 0 radical (unpaired) electrons. The molecule has 0 bridgehead atoms. The summed E-state index contributed by atoms with van der Waals surface area (Å²) in [5.41, 5.74) is 3.44. The molecule has 2 rings (SSSR count). The van der Waals surface area contributed by atoms with E-state index in [-0.39, 0.29) is 0 Å². The minimum absolute atomic E-state index is 0.977. The van der Waals surface area contributed by atoms with Gasteiger partial charge in [0.15, 0.2) is 0 Å². The zero-order valence-corrected chi connectivity index (χ0v) is 12.7. The van der Waals surface area contributed by atoms with Crippen LogP contribution in [0.15, 0.2) is 18.2 Å². The Hall–Kier alpha value is -1.31. The van der Waals surface area contributed by atoms with Crippen molar-refractivity contribution in [2.24, 2.45) is 0 Å². The SMILES string of the molecule is CC.CC.CC.Cc1ccc2nc(C)[nH]c2c1. The topological polar surface area (TPSA) is 28.7 Å². The molecule has 1 N–H and O–H groups in total. The summed E-state index contributed by atoms with van der Waals surface area (Å²) < 4.78 is 0. The lowest BCUT2D eigenvalue weighted by molar-refractivity contribution is 1.17. The maximum Gasteiger partial charge on any atom is 0.104 e. The molecule has 0 aliphatic rings. The number of aromatic nitrogens is 2. The normalized spacial score (nSPS) is 8.00. The van der Waals surface area contributed by atoms with E-state index in [4.69, 9.17) is 0 Å². The van der Waals surface area contributed by atoms with Gasteiger partial charge in [0.2, 0.25) is 0 Å². The molecule has 0 saturated carbocycles. The van der Waals surface area contributed by atoms with Gasteiger partial charge in [-0.1, -0.05) is 47.6 Å². The molecule has 17 heavy (non-hydrogen) atoms. The highest BCUT2D eigenvalue weighted by molar-refractivity contribution is 5.75. The summed E-state index contributed by atoms with van der Waals surface area (Å²) in [4.78, 5) is 7.49. The Balaban J connectivity index is 0. The maximum absolute atomic E-state index is 4.30. The van der Waals surface area contributed by atoms with Crippen LogP contribution in [0, 0.1) is 13.8 Å².